The number of ether oxygens (including phenoxy) is 1. The smallest absolute Gasteiger partial charge is 0.416 e. The molecule has 18 heavy (non-hydrogen) atoms. The van der Waals surface area contributed by atoms with E-state index in [1.807, 2.05) is 0 Å². The van der Waals surface area contributed by atoms with Crippen LogP contribution < -0.4 is 5.32 Å². The van der Waals surface area contributed by atoms with Crippen molar-refractivity contribution >= 4 is 63.3 Å². The lowest BCUT2D eigenvalue weighted by atomic mass is 10.3. The summed E-state index contributed by atoms with van der Waals surface area (Å²) in [6.07, 6.45) is -1.17. The van der Waals surface area contributed by atoms with Crippen LogP contribution in [0.1, 0.15) is 5.69 Å². The van der Waals surface area contributed by atoms with Gasteiger partial charge in [0.1, 0.15) is 0 Å². The third kappa shape index (κ3) is 5.26. The maximum absolute atomic E-state index is 11.3. The molecule has 1 aromatic heterocycles. The van der Waals surface area contributed by atoms with Gasteiger partial charge < -0.3 is 9.84 Å². The number of anilines is 1. The first-order valence-corrected chi connectivity index (χ1v) is 6.59. The quantitative estimate of drug-likeness (QED) is 0.809. The molecule has 0 aliphatic rings. The molecule has 2 N–H and O–H groups in total. The topological polar surface area (TPSA) is 88.5 Å². The number of halogens is 3. The van der Waals surface area contributed by atoms with Crippen molar-refractivity contribution in [2.75, 3.05) is 11.2 Å². The van der Waals surface area contributed by atoms with Gasteiger partial charge in [0.25, 0.3) is 4.52 Å². The normalized spacial score (nSPS) is 11.1. The first-order chi connectivity index (χ1) is 8.32. The Morgan fingerprint density at radius 1 is 1.56 bits per heavy atom. The molecule has 0 atom stereocenters. The van der Waals surface area contributed by atoms with Gasteiger partial charge >= 0.3 is 12.1 Å². The Hall–Kier alpha value is -0.760. The minimum atomic E-state index is -1.83. The molecule has 0 unspecified atom stereocenters. The summed E-state index contributed by atoms with van der Waals surface area (Å²) < 4.78 is 2.75. The summed E-state index contributed by atoms with van der Waals surface area (Å²) in [5.41, 5.74) is 0.322. The number of rotatable bonds is 5. The van der Waals surface area contributed by atoms with E-state index in [2.05, 4.69) is 15.0 Å². The number of alkyl halides is 3. The highest BCUT2D eigenvalue weighted by molar-refractivity contribution is 7.13. The molecule has 6 nitrogen and oxygen atoms in total. The second-order valence-electron chi connectivity index (χ2n) is 3.00. The largest absolute Gasteiger partial charge is 0.481 e. The fourth-order valence-electron chi connectivity index (χ4n) is 0.876. The van der Waals surface area contributed by atoms with E-state index in [9.17, 15) is 9.59 Å². The summed E-state index contributed by atoms with van der Waals surface area (Å²) in [7, 11) is 0. The van der Waals surface area contributed by atoms with Crippen LogP contribution in [0.2, 0.25) is 0 Å². The summed E-state index contributed by atoms with van der Waals surface area (Å²) in [5, 5.41) is 12.5. The number of nitrogens with one attached hydrogen (secondary N) is 1. The second-order valence-corrected chi connectivity index (χ2v) is 5.54. The number of hydrogen-bond acceptors (Lipinski definition) is 5. The van der Waals surface area contributed by atoms with E-state index in [4.69, 9.17) is 39.9 Å². The number of aliphatic carboxylic acids is 1. The van der Waals surface area contributed by atoms with Crippen LogP contribution >= 0.6 is 46.1 Å². The Morgan fingerprint density at radius 2 is 2.22 bits per heavy atom. The maximum atomic E-state index is 11.3. The van der Waals surface area contributed by atoms with E-state index >= 15 is 0 Å². The van der Waals surface area contributed by atoms with E-state index in [0.717, 1.165) is 11.3 Å². The zero-order chi connectivity index (χ0) is 13.8. The van der Waals surface area contributed by atoms with Gasteiger partial charge in [-0.1, -0.05) is 23.2 Å². The van der Waals surface area contributed by atoms with Gasteiger partial charge in [-0.15, -0.1) is 22.9 Å². The van der Waals surface area contributed by atoms with Gasteiger partial charge in [-0.25, -0.2) is 9.78 Å². The molecular weight excluding hydrogens is 327 g/mol. The Balaban J connectivity index is 2.55. The van der Waals surface area contributed by atoms with Crippen molar-refractivity contribution in [3.05, 3.63) is 11.1 Å². The Bertz CT molecular complexity index is 451. The summed E-state index contributed by atoms with van der Waals surface area (Å²) in [6, 6.07) is 0. The average molecular weight is 334 g/mol. The highest BCUT2D eigenvalue weighted by atomic mass is 35.5. The maximum Gasteiger partial charge on any atom is 0.416 e. The van der Waals surface area contributed by atoms with Crippen molar-refractivity contribution in [2.24, 2.45) is 0 Å². The number of carbonyl (C=O) groups excluding carboxylic acids is 1. The predicted octanol–water partition coefficient (Wildman–Crippen LogP) is 2.69. The van der Waals surface area contributed by atoms with Crippen molar-refractivity contribution in [1.82, 2.24) is 4.98 Å². The van der Waals surface area contributed by atoms with E-state index in [1.165, 1.54) is 5.38 Å². The Kier molecular flexibility index (Phi) is 5.46. The standard InChI is InChI=1S/C8H7Cl3N2O4S/c9-3-8(10,11)17-7(16)13-6-12-4(2-18-6)1-5(14)15/h2H,1,3H2,(H,14,15)(H,12,13,16). The van der Waals surface area contributed by atoms with Crippen molar-refractivity contribution in [1.29, 1.82) is 0 Å². The zero-order valence-corrected chi connectivity index (χ0v) is 11.7. The van der Waals surface area contributed by atoms with E-state index in [0.29, 0.717) is 5.69 Å². The van der Waals surface area contributed by atoms with E-state index < -0.39 is 16.6 Å². The summed E-state index contributed by atoms with van der Waals surface area (Å²) in [6.45, 7) is 0. The van der Waals surface area contributed by atoms with Gasteiger partial charge in [-0.2, -0.15) is 0 Å². The van der Waals surface area contributed by atoms with Gasteiger partial charge in [-0.3, -0.25) is 10.1 Å². The molecule has 1 amide bonds. The lowest BCUT2D eigenvalue weighted by molar-refractivity contribution is -0.136. The molecule has 0 radical (unpaired) electrons. The summed E-state index contributed by atoms with van der Waals surface area (Å²) >= 11 is 17.4. The van der Waals surface area contributed by atoms with Gasteiger partial charge in [0.05, 0.1) is 18.0 Å². The highest BCUT2D eigenvalue weighted by Gasteiger charge is 2.28. The number of carbonyl (C=O) groups is 2. The molecule has 1 heterocycles. The molecule has 1 aromatic rings. The van der Waals surface area contributed by atoms with Crippen molar-refractivity contribution < 1.29 is 19.4 Å². The van der Waals surface area contributed by atoms with Crippen LogP contribution in [-0.4, -0.2) is 32.6 Å². The number of amides is 1. The number of nitrogens with zero attached hydrogens (tertiary/aromatic N) is 1. The van der Waals surface area contributed by atoms with Gasteiger partial charge in [0.2, 0.25) is 0 Å². The second kappa shape index (κ2) is 6.42. The van der Waals surface area contributed by atoms with E-state index in [-0.39, 0.29) is 17.4 Å². The van der Waals surface area contributed by atoms with Crippen LogP contribution in [0.4, 0.5) is 9.93 Å². The molecule has 100 valence electrons. The lowest BCUT2D eigenvalue weighted by Crippen LogP contribution is -2.27. The third-order valence-corrected chi connectivity index (χ3v) is 3.37. The monoisotopic (exact) mass is 332 g/mol. The minimum Gasteiger partial charge on any atom is -0.481 e. The number of carboxylic acids is 1. The Morgan fingerprint density at radius 3 is 2.78 bits per heavy atom. The fraction of sp³-hybridized carbons (Fsp3) is 0.375. The molecule has 0 saturated carbocycles. The molecule has 0 aromatic carbocycles. The molecule has 0 spiro atoms. The first-order valence-electron chi connectivity index (χ1n) is 4.42. The number of carboxylic acid groups (broad SMARTS) is 1. The van der Waals surface area contributed by atoms with Gasteiger partial charge in [0, 0.05) is 5.38 Å². The number of hydrogen-bond donors (Lipinski definition) is 2. The van der Waals surface area contributed by atoms with Crippen molar-refractivity contribution in [2.45, 2.75) is 10.9 Å². The van der Waals surface area contributed by atoms with E-state index in [1.54, 1.807) is 0 Å². The third-order valence-electron chi connectivity index (χ3n) is 1.49. The molecule has 0 fully saturated rings. The van der Waals surface area contributed by atoms with Crippen LogP contribution in [-0.2, 0) is 16.0 Å². The highest BCUT2D eigenvalue weighted by Crippen LogP contribution is 2.25. The molecule has 0 bridgehead atoms. The lowest BCUT2D eigenvalue weighted by Gasteiger charge is -2.16. The number of aromatic nitrogens is 1. The van der Waals surface area contributed by atoms with Crippen LogP contribution in [0, 0.1) is 0 Å². The number of thiazole rings is 1. The first kappa shape index (κ1) is 15.3. The molecule has 0 aliphatic carbocycles. The minimum absolute atomic E-state index is 0.176. The predicted molar refractivity (Wildman–Crippen MR) is 68.7 cm³/mol. The average Bonchev–Trinajstić information content (AvgIpc) is 2.63. The molecule has 1 rings (SSSR count). The zero-order valence-electron chi connectivity index (χ0n) is 8.65. The molecule has 0 saturated heterocycles. The molecular formula is C8H7Cl3N2O4S. The van der Waals surface area contributed by atoms with Crippen LogP contribution in [0.25, 0.3) is 0 Å². The Labute approximate surface area is 121 Å². The van der Waals surface area contributed by atoms with Crippen LogP contribution in [0.15, 0.2) is 5.38 Å². The van der Waals surface area contributed by atoms with Gasteiger partial charge in [-0.05, 0) is 0 Å². The van der Waals surface area contributed by atoms with Crippen molar-refractivity contribution in [3.8, 4) is 0 Å². The molecule has 0 aliphatic heterocycles. The van der Waals surface area contributed by atoms with Gasteiger partial charge in [0.15, 0.2) is 5.13 Å². The SMILES string of the molecule is O=C(O)Cc1csc(NC(=O)OC(Cl)(Cl)CCl)n1. The molecule has 10 heteroatoms. The van der Waals surface area contributed by atoms with Crippen molar-refractivity contribution in [3.63, 3.8) is 0 Å². The fourth-order valence-corrected chi connectivity index (χ4v) is 1.77. The summed E-state index contributed by atoms with van der Waals surface area (Å²) in [4.78, 5) is 25.6. The summed E-state index contributed by atoms with van der Waals surface area (Å²) in [5.74, 6) is -1.32. The van der Waals surface area contributed by atoms with Crippen LogP contribution in [0.5, 0.6) is 0 Å². The van der Waals surface area contributed by atoms with Crippen LogP contribution in [0.3, 0.4) is 0 Å².